The molecule has 0 saturated carbocycles. The molecule has 1 fully saturated rings. The Morgan fingerprint density at radius 2 is 1.60 bits per heavy atom. The van der Waals surface area contributed by atoms with Gasteiger partial charge in [0.2, 0.25) is 0 Å². The molecule has 1 heterocycles. The maximum atomic E-state index is 10.4. The highest BCUT2D eigenvalue weighted by Gasteiger charge is 2.16. The van der Waals surface area contributed by atoms with Crippen molar-refractivity contribution in [2.24, 2.45) is 0 Å². The first-order valence-electron chi connectivity index (χ1n) is 4.93. The van der Waals surface area contributed by atoms with Gasteiger partial charge in [0.15, 0.2) is 0 Å². The van der Waals surface area contributed by atoms with Gasteiger partial charge in [-0.2, -0.15) is 0 Å². The number of hydrogen-bond acceptors (Lipinski definition) is 3. The van der Waals surface area contributed by atoms with Gasteiger partial charge < -0.3 is 4.74 Å². The van der Waals surface area contributed by atoms with Gasteiger partial charge in [0, 0.05) is 0 Å². The minimum absolute atomic E-state index is 0.424. The summed E-state index contributed by atoms with van der Waals surface area (Å²) in [7, 11) is -0.884. The van der Waals surface area contributed by atoms with Crippen molar-refractivity contribution in [3.63, 3.8) is 0 Å². The summed E-state index contributed by atoms with van der Waals surface area (Å²) in [5.74, 6) is 1.76. The standard InChI is InChI=1S/C7H8O.C4H8O2S/c1-8-7-5-3-2-4-6-7;5-7(6)3-1-2-4-7/h2-6H,1H3;1-4H2. The van der Waals surface area contributed by atoms with Crippen LogP contribution in [-0.2, 0) is 9.84 Å². The number of ether oxygens (including phenoxy) is 1. The van der Waals surface area contributed by atoms with E-state index < -0.39 is 9.84 Å². The summed E-state index contributed by atoms with van der Waals surface area (Å²) < 4.78 is 25.8. The van der Waals surface area contributed by atoms with E-state index in [1.54, 1.807) is 7.11 Å². The third kappa shape index (κ3) is 4.83. The Morgan fingerprint density at radius 1 is 1.07 bits per heavy atom. The number of para-hydroxylation sites is 1. The Hall–Kier alpha value is -1.03. The molecule has 1 saturated heterocycles. The Labute approximate surface area is 91.0 Å². The lowest BCUT2D eigenvalue weighted by molar-refractivity contribution is 0.415. The van der Waals surface area contributed by atoms with Crippen LogP contribution in [0.5, 0.6) is 5.75 Å². The van der Waals surface area contributed by atoms with Crippen LogP contribution in [0.4, 0.5) is 0 Å². The van der Waals surface area contributed by atoms with E-state index in [4.69, 9.17) is 4.74 Å². The Bertz CT molecular complexity index is 358. The average Bonchev–Trinajstić information content (AvgIpc) is 2.65. The molecule has 84 valence electrons. The van der Waals surface area contributed by atoms with Crippen LogP contribution in [0.2, 0.25) is 0 Å². The normalized spacial score (nSPS) is 17.7. The first-order valence-corrected chi connectivity index (χ1v) is 6.76. The molecule has 3 nitrogen and oxygen atoms in total. The Balaban J connectivity index is 0.000000151. The predicted molar refractivity (Wildman–Crippen MR) is 60.9 cm³/mol. The number of rotatable bonds is 1. The summed E-state index contributed by atoms with van der Waals surface area (Å²) in [6.45, 7) is 0. The zero-order valence-electron chi connectivity index (χ0n) is 8.85. The van der Waals surface area contributed by atoms with Crippen molar-refractivity contribution in [1.29, 1.82) is 0 Å². The summed E-state index contributed by atoms with van der Waals surface area (Å²) in [4.78, 5) is 0. The molecule has 0 radical (unpaired) electrons. The van der Waals surface area contributed by atoms with Gasteiger partial charge in [0.25, 0.3) is 0 Å². The lowest BCUT2D eigenvalue weighted by Crippen LogP contribution is -1.98. The number of hydrogen-bond donors (Lipinski definition) is 0. The first kappa shape index (κ1) is 12.0. The van der Waals surface area contributed by atoms with E-state index in [0.29, 0.717) is 11.5 Å². The highest BCUT2D eigenvalue weighted by atomic mass is 32.2. The van der Waals surface area contributed by atoms with Crippen LogP contribution >= 0.6 is 0 Å². The smallest absolute Gasteiger partial charge is 0.150 e. The molecule has 1 aromatic carbocycles. The third-order valence-corrected chi connectivity index (χ3v) is 3.96. The van der Waals surface area contributed by atoms with Crippen molar-refractivity contribution in [3.8, 4) is 5.75 Å². The molecule has 0 amide bonds. The van der Waals surface area contributed by atoms with E-state index in [2.05, 4.69) is 0 Å². The van der Waals surface area contributed by atoms with Gasteiger partial charge >= 0.3 is 0 Å². The van der Waals surface area contributed by atoms with Gasteiger partial charge in [0.1, 0.15) is 15.6 Å². The lowest BCUT2D eigenvalue weighted by atomic mass is 10.3. The van der Waals surface area contributed by atoms with Crippen LogP contribution in [0.25, 0.3) is 0 Å². The Morgan fingerprint density at radius 3 is 1.87 bits per heavy atom. The molecule has 15 heavy (non-hydrogen) atoms. The van der Waals surface area contributed by atoms with Gasteiger partial charge in [0.05, 0.1) is 18.6 Å². The molecule has 0 bridgehead atoms. The quantitative estimate of drug-likeness (QED) is 0.737. The molecule has 0 spiro atoms. The molecule has 1 aliphatic rings. The molecule has 1 aliphatic heterocycles. The third-order valence-electron chi connectivity index (χ3n) is 2.14. The van der Waals surface area contributed by atoms with Gasteiger partial charge in [-0.15, -0.1) is 0 Å². The van der Waals surface area contributed by atoms with Crippen molar-refractivity contribution in [3.05, 3.63) is 30.3 Å². The van der Waals surface area contributed by atoms with E-state index in [0.717, 1.165) is 18.6 Å². The van der Waals surface area contributed by atoms with Crippen molar-refractivity contribution >= 4 is 9.84 Å². The summed E-state index contributed by atoms with van der Waals surface area (Å²) in [5.41, 5.74) is 0. The fourth-order valence-electron chi connectivity index (χ4n) is 1.30. The van der Waals surface area contributed by atoms with E-state index in [1.165, 1.54) is 0 Å². The highest BCUT2D eigenvalue weighted by molar-refractivity contribution is 7.91. The summed E-state index contributed by atoms with van der Waals surface area (Å²) in [5, 5.41) is 0. The van der Waals surface area contributed by atoms with Crippen LogP contribution in [-0.4, -0.2) is 27.0 Å². The molecule has 0 atom stereocenters. The van der Waals surface area contributed by atoms with E-state index in [9.17, 15) is 8.42 Å². The topological polar surface area (TPSA) is 43.4 Å². The maximum Gasteiger partial charge on any atom is 0.150 e. The first-order chi connectivity index (χ1) is 7.14. The zero-order valence-corrected chi connectivity index (χ0v) is 9.66. The van der Waals surface area contributed by atoms with Crippen LogP contribution in [0, 0.1) is 0 Å². The summed E-state index contributed by atoms with van der Waals surface area (Å²) in [6.07, 6.45) is 1.75. The molecular weight excluding hydrogens is 212 g/mol. The van der Waals surface area contributed by atoms with Gasteiger partial charge in [-0.25, -0.2) is 8.42 Å². The van der Waals surface area contributed by atoms with E-state index in [1.807, 2.05) is 30.3 Å². The van der Waals surface area contributed by atoms with Crippen molar-refractivity contribution < 1.29 is 13.2 Å². The number of sulfone groups is 1. The molecular formula is C11H16O3S. The van der Waals surface area contributed by atoms with Crippen molar-refractivity contribution in [2.45, 2.75) is 12.8 Å². The Kier molecular flexibility index (Phi) is 4.62. The maximum absolute atomic E-state index is 10.4. The highest BCUT2D eigenvalue weighted by Crippen LogP contribution is 2.08. The van der Waals surface area contributed by atoms with Crippen LogP contribution in [0.1, 0.15) is 12.8 Å². The second kappa shape index (κ2) is 5.75. The van der Waals surface area contributed by atoms with Gasteiger partial charge in [-0.3, -0.25) is 0 Å². The molecule has 0 aromatic heterocycles. The zero-order chi connectivity index (χ0) is 11.1. The average molecular weight is 228 g/mol. The monoisotopic (exact) mass is 228 g/mol. The summed E-state index contributed by atoms with van der Waals surface area (Å²) in [6, 6.07) is 9.68. The largest absolute Gasteiger partial charge is 0.497 e. The van der Waals surface area contributed by atoms with Crippen molar-refractivity contribution in [2.75, 3.05) is 18.6 Å². The number of methoxy groups -OCH3 is 1. The molecule has 0 aliphatic carbocycles. The van der Waals surface area contributed by atoms with Crippen molar-refractivity contribution in [1.82, 2.24) is 0 Å². The van der Waals surface area contributed by atoms with Gasteiger partial charge in [-0.05, 0) is 25.0 Å². The second-order valence-electron chi connectivity index (χ2n) is 3.38. The summed E-state index contributed by atoms with van der Waals surface area (Å²) >= 11 is 0. The SMILES string of the molecule is COc1ccccc1.O=S1(=O)CCCC1. The molecule has 2 rings (SSSR count). The van der Waals surface area contributed by atoms with Crippen LogP contribution in [0.3, 0.4) is 0 Å². The minimum atomic E-state index is -2.55. The van der Waals surface area contributed by atoms with E-state index >= 15 is 0 Å². The predicted octanol–water partition coefficient (Wildman–Crippen LogP) is 1.89. The van der Waals surface area contributed by atoms with E-state index in [-0.39, 0.29) is 0 Å². The fraction of sp³-hybridized carbons (Fsp3) is 0.455. The van der Waals surface area contributed by atoms with Crippen LogP contribution < -0.4 is 4.74 Å². The molecule has 0 unspecified atom stereocenters. The molecule has 0 N–H and O–H groups in total. The fourth-order valence-corrected chi connectivity index (χ4v) is 2.79. The molecule has 1 aromatic rings. The second-order valence-corrected chi connectivity index (χ2v) is 5.68. The van der Waals surface area contributed by atoms with Gasteiger partial charge in [-0.1, -0.05) is 18.2 Å². The lowest BCUT2D eigenvalue weighted by Gasteiger charge is -1.93. The van der Waals surface area contributed by atoms with Crippen LogP contribution in [0.15, 0.2) is 30.3 Å². The molecule has 4 heteroatoms. The number of benzene rings is 1. The minimum Gasteiger partial charge on any atom is -0.497 e.